The summed E-state index contributed by atoms with van der Waals surface area (Å²) in [6.45, 7) is -0.693. The van der Waals surface area contributed by atoms with Gasteiger partial charge in [-0.1, -0.05) is 12.1 Å². The molecule has 1 aliphatic heterocycles. The normalized spacial score (nSPS) is 28.3. The molecule has 1 saturated heterocycles. The highest BCUT2D eigenvalue weighted by Crippen LogP contribution is 2.58. The molecule has 1 unspecified atom stereocenters. The number of hydrogen-bond donors (Lipinski definition) is 5. The zero-order valence-corrected chi connectivity index (χ0v) is 12.1. The van der Waals surface area contributed by atoms with Gasteiger partial charge in [0.1, 0.15) is 18.3 Å². The highest BCUT2D eigenvalue weighted by molar-refractivity contribution is 7.56. The van der Waals surface area contributed by atoms with Crippen molar-refractivity contribution in [3.63, 3.8) is 0 Å². The zero-order valence-electron chi connectivity index (χ0n) is 11.2. The number of carbonyl (C=O) groups is 1. The summed E-state index contributed by atoms with van der Waals surface area (Å²) in [6, 6.07) is 5.73. The molecule has 1 aromatic carbocycles. The Labute approximate surface area is 125 Å². The minimum Gasteiger partial charge on any atom is -0.398 e. The number of ether oxygens (including phenoxy) is 1. The largest absolute Gasteiger partial charge is 0.417 e. The zero-order chi connectivity index (χ0) is 16.5. The van der Waals surface area contributed by atoms with Gasteiger partial charge >= 0.3 is 13.6 Å². The molecule has 0 bridgehead atoms. The molecule has 6 N–H and O–H groups in total. The maximum atomic E-state index is 12.1. The predicted octanol–water partition coefficient (Wildman–Crippen LogP) is -0.787. The van der Waals surface area contributed by atoms with Crippen molar-refractivity contribution in [2.24, 2.45) is 0 Å². The van der Waals surface area contributed by atoms with Gasteiger partial charge in [-0.15, -0.1) is 0 Å². The van der Waals surface area contributed by atoms with Gasteiger partial charge in [-0.2, -0.15) is 0 Å². The fourth-order valence-corrected chi connectivity index (χ4v) is 3.08. The quantitative estimate of drug-likeness (QED) is 0.352. The highest BCUT2D eigenvalue weighted by atomic mass is 31.2. The van der Waals surface area contributed by atoms with Crippen LogP contribution in [0.5, 0.6) is 0 Å². The van der Waals surface area contributed by atoms with Crippen LogP contribution in [0.4, 0.5) is 5.69 Å². The lowest BCUT2D eigenvalue weighted by Crippen LogP contribution is -2.32. The van der Waals surface area contributed by atoms with E-state index in [0.29, 0.717) is 0 Å². The van der Waals surface area contributed by atoms with Crippen molar-refractivity contribution in [3.8, 4) is 0 Å². The van der Waals surface area contributed by atoms with E-state index in [2.05, 4.69) is 4.52 Å². The number of hydrogen-bond acceptors (Lipinski definition) is 8. The molecule has 1 aliphatic rings. The van der Waals surface area contributed by atoms with Crippen LogP contribution >= 0.6 is 7.60 Å². The number of aliphatic hydroxyl groups is 3. The van der Waals surface area contributed by atoms with Crippen molar-refractivity contribution in [2.75, 3.05) is 12.3 Å². The van der Waals surface area contributed by atoms with Gasteiger partial charge < -0.3 is 35.2 Å². The van der Waals surface area contributed by atoms with Crippen LogP contribution in [0, 0.1) is 5.85 Å². The van der Waals surface area contributed by atoms with Crippen LogP contribution in [0.25, 0.3) is 0 Å². The average Bonchev–Trinajstić information content (AvgIpc) is 2.75. The summed E-state index contributed by atoms with van der Waals surface area (Å²) in [6.07, 6.45) is -4.76. The number of para-hydroxylation sites is 1. The average molecular weight is 332 g/mol. The molecular weight excluding hydrogens is 317 g/mol. The number of rotatable bonds is 4. The highest BCUT2D eigenvalue weighted by Gasteiger charge is 2.55. The van der Waals surface area contributed by atoms with Crippen LogP contribution < -0.4 is 5.73 Å². The number of anilines is 1. The summed E-state index contributed by atoms with van der Waals surface area (Å²) >= 11 is 0. The first-order valence-corrected chi connectivity index (χ1v) is 7.78. The summed E-state index contributed by atoms with van der Waals surface area (Å²) in [5.74, 6) is -2.09. The summed E-state index contributed by atoms with van der Waals surface area (Å²) in [4.78, 5) is 21.7. The maximum absolute atomic E-state index is 12.1. The summed E-state index contributed by atoms with van der Waals surface area (Å²) in [7, 11) is -4.86. The molecule has 0 aromatic heterocycles. The molecule has 0 saturated carbocycles. The van der Waals surface area contributed by atoms with Gasteiger partial charge in [-0.25, -0.2) is 9.36 Å². The van der Waals surface area contributed by atoms with E-state index in [-0.39, 0.29) is 11.3 Å². The maximum Gasteiger partial charge on any atom is 0.417 e. The van der Waals surface area contributed by atoms with Crippen LogP contribution in [0.2, 0.25) is 0 Å². The molecule has 1 fully saturated rings. The van der Waals surface area contributed by atoms with Gasteiger partial charge in [0.15, 0.2) is 0 Å². The van der Waals surface area contributed by atoms with E-state index in [0.717, 1.165) is 0 Å². The molecule has 1 heterocycles. The molecule has 0 aliphatic carbocycles. The van der Waals surface area contributed by atoms with Gasteiger partial charge in [-0.3, -0.25) is 0 Å². The van der Waals surface area contributed by atoms with E-state index in [1.807, 2.05) is 0 Å². The Morgan fingerprint density at radius 1 is 1.36 bits per heavy atom. The lowest BCUT2D eigenvalue weighted by atomic mass is 10.2. The first kappa shape index (κ1) is 16.9. The van der Waals surface area contributed by atoms with Crippen LogP contribution in [0.15, 0.2) is 24.3 Å². The van der Waals surface area contributed by atoms with Crippen molar-refractivity contribution >= 4 is 19.3 Å². The topological polar surface area (TPSA) is 160 Å². The van der Waals surface area contributed by atoms with E-state index < -0.39 is 44.3 Å². The van der Waals surface area contributed by atoms with Gasteiger partial charge in [0.25, 0.3) is 5.85 Å². The Balaban J connectivity index is 2.16. The SMILES string of the molecule is Nc1ccccc1C(=O)OP(=O)(O)[C]1O[C@H](CO)[C@@H](O)[C@H]1O. The van der Waals surface area contributed by atoms with Crippen molar-refractivity contribution in [1.29, 1.82) is 0 Å². The number of nitrogen functional groups attached to an aromatic ring is 1. The fourth-order valence-electron chi connectivity index (χ4n) is 1.91. The van der Waals surface area contributed by atoms with E-state index in [4.69, 9.17) is 15.6 Å². The summed E-state index contributed by atoms with van der Waals surface area (Å²) < 4.78 is 21.4. The molecule has 1 radical (unpaired) electrons. The van der Waals surface area contributed by atoms with Crippen LogP contribution in [-0.4, -0.2) is 51.1 Å². The minimum absolute atomic E-state index is 0.0404. The van der Waals surface area contributed by atoms with E-state index >= 15 is 0 Å². The van der Waals surface area contributed by atoms with Gasteiger partial charge in [0.2, 0.25) is 0 Å². The van der Waals surface area contributed by atoms with Crippen molar-refractivity contribution < 1.29 is 38.8 Å². The summed E-state index contributed by atoms with van der Waals surface area (Å²) in [5.41, 5.74) is 5.46. The van der Waals surface area contributed by atoms with E-state index in [1.165, 1.54) is 18.2 Å². The molecule has 0 spiro atoms. The van der Waals surface area contributed by atoms with Gasteiger partial charge in [-0.05, 0) is 12.1 Å². The molecule has 4 atom stereocenters. The van der Waals surface area contributed by atoms with Crippen molar-refractivity contribution in [2.45, 2.75) is 18.3 Å². The Morgan fingerprint density at radius 3 is 2.55 bits per heavy atom. The van der Waals surface area contributed by atoms with Crippen LogP contribution in [-0.2, 0) is 13.8 Å². The first-order chi connectivity index (χ1) is 10.3. The van der Waals surface area contributed by atoms with Crippen LogP contribution in [0.1, 0.15) is 10.4 Å². The second-order valence-corrected chi connectivity index (χ2v) is 6.26. The molecule has 121 valence electrons. The Hall–Kier alpha value is -1.48. The lowest BCUT2D eigenvalue weighted by molar-refractivity contribution is -0.00429. The minimum atomic E-state index is -4.86. The smallest absolute Gasteiger partial charge is 0.398 e. The number of carbonyl (C=O) groups excluding carboxylic acids is 1. The Morgan fingerprint density at radius 2 is 2.00 bits per heavy atom. The summed E-state index contributed by atoms with van der Waals surface area (Å²) in [5, 5.41) is 28.1. The number of benzene rings is 1. The number of nitrogens with two attached hydrogens (primary N) is 1. The van der Waals surface area contributed by atoms with Gasteiger partial charge in [0, 0.05) is 5.69 Å². The van der Waals surface area contributed by atoms with Crippen molar-refractivity contribution in [1.82, 2.24) is 0 Å². The molecule has 22 heavy (non-hydrogen) atoms. The third-order valence-electron chi connectivity index (χ3n) is 3.08. The molecule has 10 heteroatoms. The molecular formula is C12H15NO8P. The van der Waals surface area contributed by atoms with Crippen LogP contribution in [0.3, 0.4) is 0 Å². The monoisotopic (exact) mass is 332 g/mol. The standard InChI is InChI=1S/C12H15NO8P/c13-7-4-2-1-3-6(7)11(17)21-22(18,19)12-10(16)9(15)8(5-14)20-12/h1-4,8-10,14-16H,5,13H2,(H,18,19)/t8-,9-,10-/m1/s1. The third-order valence-corrected chi connectivity index (χ3v) is 4.42. The fraction of sp³-hybridized carbons (Fsp3) is 0.333. The first-order valence-electron chi connectivity index (χ1n) is 6.20. The Bertz CT molecular complexity index is 609. The second kappa shape index (κ2) is 6.33. The molecule has 2 rings (SSSR count). The van der Waals surface area contributed by atoms with E-state index in [1.54, 1.807) is 6.07 Å². The second-order valence-electron chi connectivity index (χ2n) is 4.60. The molecule has 0 amide bonds. The molecule has 9 nitrogen and oxygen atoms in total. The lowest BCUT2D eigenvalue weighted by Gasteiger charge is -2.19. The number of aliphatic hydroxyl groups excluding tert-OH is 3. The van der Waals surface area contributed by atoms with Crippen molar-refractivity contribution in [3.05, 3.63) is 35.7 Å². The predicted molar refractivity (Wildman–Crippen MR) is 73.3 cm³/mol. The third kappa shape index (κ3) is 3.14. The Kier molecular flexibility index (Phi) is 4.86. The molecule has 1 aromatic rings. The van der Waals surface area contributed by atoms with E-state index in [9.17, 15) is 24.5 Å². The van der Waals surface area contributed by atoms with Gasteiger partial charge in [0.05, 0.1) is 12.2 Å².